The van der Waals surface area contributed by atoms with Crippen molar-refractivity contribution in [3.63, 3.8) is 0 Å². The van der Waals surface area contributed by atoms with Crippen molar-refractivity contribution in [2.75, 3.05) is 0 Å². The Morgan fingerprint density at radius 1 is 0.259 bits per heavy atom. The smallest absolute Gasteiger partial charge is 0.0706 e. The molecule has 54 heavy (non-hydrogen) atoms. The number of rotatable bonds is 46. The van der Waals surface area contributed by atoms with Crippen LogP contribution >= 0.6 is 0 Å². The first-order valence-electron chi connectivity index (χ1n) is 26.2. The van der Waals surface area contributed by atoms with Crippen LogP contribution in [0, 0.1) is 11.3 Å². The number of hydrogen-bond acceptors (Lipinski definition) is 1. The Bertz CT molecular complexity index is 647. The maximum absolute atomic E-state index is 13.2. The van der Waals surface area contributed by atoms with Crippen LogP contribution in [-0.2, 0) is 0 Å². The lowest BCUT2D eigenvalue weighted by Crippen LogP contribution is -2.52. The van der Waals surface area contributed by atoms with Gasteiger partial charge in [0.25, 0.3) is 0 Å². The van der Waals surface area contributed by atoms with Crippen LogP contribution in [0.3, 0.4) is 0 Å². The van der Waals surface area contributed by atoms with Crippen molar-refractivity contribution in [1.29, 1.82) is 0 Å². The maximum atomic E-state index is 13.2. The first-order chi connectivity index (χ1) is 26.4. The Morgan fingerprint density at radius 2 is 0.426 bits per heavy atom. The molecule has 0 saturated carbocycles. The molecule has 1 nitrogen and oxygen atoms in total. The summed E-state index contributed by atoms with van der Waals surface area (Å²) >= 11 is 0. The average molecular weight is 761 g/mol. The highest BCUT2D eigenvalue weighted by Gasteiger charge is 2.50. The fourth-order valence-electron chi connectivity index (χ4n) is 9.99. The monoisotopic (exact) mass is 761 g/mol. The molecule has 0 aliphatic heterocycles. The zero-order valence-corrected chi connectivity index (χ0v) is 39.1. The molecule has 0 spiro atoms. The summed E-state index contributed by atoms with van der Waals surface area (Å²) in [5.41, 5.74) is -0.425. The molecule has 0 rings (SSSR count). The maximum Gasteiger partial charge on any atom is 0.0706 e. The van der Waals surface area contributed by atoms with Gasteiger partial charge >= 0.3 is 0 Å². The van der Waals surface area contributed by atoms with Crippen LogP contribution in [0.25, 0.3) is 0 Å². The average Bonchev–Trinajstić information content (AvgIpc) is 3.16. The summed E-state index contributed by atoms with van der Waals surface area (Å²) in [6.07, 6.45) is 60.2. The van der Waals surface area contributed by atoms with Crippen LogP contribution in [0.4, 0.5) is 0 Å². The van der Waals surface area contributed by atoms with Gasteiger partial charge in [-0.15, -0.1) is 0 Å². The van der Waals surface area contributed by atoms with E-state index in [1.807, 2.05) is 0 Å². The van der Waals surface area contributed by atoms with Crippen molar-refractivity contribution in [3.05, 3.63) is 0 Å². The molecule has 0 aromatic rings. The zero-order chi connectivity index (χ0) is 39.7. The van der Waals surface area contributed by atoms with Crippen LogP contribution < -0.4 is 0 Å². The van der Waals surface area contributed by atoms with Crippen LogP contribution in [0.2, 0.25) is 0 Å². The van der Waals surface area contributed by atoms with Gasteiger partial charge in [-0.1, -0.05) is 298 Å². The molecule has 0 fully saturated rings. The summed E-state index contributed by atoms with van der Waals surface area (Å²) in [4.78, 5) is 0. The van der Waals surface area contributed by atoms with Crippen LogP contribution in [0.15, 0.2) is 0 Å². The Kier molecular flexibility index (Phi) is 41.1. The van der Waals surface area contributed by atoms with Gasteiger partial charge in [0.05, 0.1) is 5.60 Å². The summed E-state index contributed by atoms with van der Waals surface area (Å²) in [6, 6.07) is 0. The third-order valence-corrected chi connectivity index (χ3v) is 13.9. The minimum Gasteiger partial charge on any atom is -0.389 e. The molecule has 326 valence electrons. The SMILES string of the molecule is CCCCCCCCCCCCC(O)(CCCCCCCCCCCC)C(CCCCCCCCCCCC)(CCCCCCCCCCCC)C(C)C. The van der Waals surface area contributed by atoms with E-state index < -0.39 is 5.60 Å². The second kappa shape index (κ2) is 41.1. The lowest BCUT2D eigenvalue weighted by atomic mass is 9.57. The lowest BCUT2D eigenvalue weighted by Gasteiger charge is -2.52. The van der Waals surface area contributed by atoms with Crippen molar-refractivity contribution in [3.8, 4) is 0 Å². The molecule has 0 amide bonds. The van der Waals surface area contributed by atoms with E-state index in [1.54, 1.807) is 0 Å². The molecular weight excluding hydrogens is 653 g/mol. The molecule has 0 unspecified atom stereocenters. The van der Waals surface area contributed by atoms with Gasteiger partial charge in [0, 0.05) is 5.41 Å². The van der Waals surface area contributed by atoms with Gasteiger partial charge in [-0.2, -0.15) is 0 Å². The molecule has 0 aromatic carbocycles. The third kappa shape index (κ3) is 30.1. The predicted molar refractivity (Wildman–Crippen MR) is 248 cm³/mol. The summed E-state index contributed by atoms with van der Waals surface area (Å²) in [5, 5.41) is 13.2. The molecule has 0 bridgehead atoms. The molecule has 0 heterocycles. The van der Waals surface area contributed by atoms with Gasteiger partial charge in [0.15, 0.2) is 0 Å². The largest absolute Gasteiger partial charge is 0.389 e. The summed E-state index contributed by atoms with van der Waals surface area (Å²) < 4.78 is 0. The van der Waals surface area contributed by atoms with Gasteiger partial charge in [0.1, 0.15) is 0 Å². The van der Waals surface area contributed by atoms with E-state index in [4.69, 9.17) is 0 Å². The second-order valence-electron chi connectivity index (χ2n) is 19.1. The molecule has 0 aromatic heterocycles. The van der Waals surface area contributed by atoms with Gasteiger partial charge in [-0.3, -0.25) is 0 Å². The third-order valence-electron chi connectivity index (χ3n) is 13.9. The molecule has 0 aliphatic carbocycles. The molecule has 1 heteroatoms. The molecule has 0 aliphatic rings. The Balaban J connectivity index is 5.48. The van der Waals surface area contributed by atoms with Crippen LogP contribution in [-0.4, -0.2) is 10.7 Å². The van der Waals surface area contributed by atoms with Gasteiger partial charge < -0.3 is 5.11 Å². The van der Waals surface area contributed by atoms with E-state index in [0.717, 1.165) is 12.8 Å². The van der Waals surface area contributed by atoms with E-state index in [-0.39, 0.29) is 5.41 Å². The van der Waals surface area contributed by atoms with E-state index in [0.29, 0.717) is 5.92 Å². The summed E-state index contributed by atoms with van der Waals surface area (Å²) in [6.45, 7) is 14.3. The Morgan fingerprint density at radius 3 is 0.611 bits per heavy atom. The number of aliphatic hydroxyl groups is 1. The molecule has 0 saturated heterocycles. The van der Waals surface area contributed by atoms with Gasteiger partial charge in [0.2, 0.25) is 0 Å². The van der Waals surface area contributed by atoms with E-state index >= 15 is 0 Å². The summed E-state index contributed by atoms with van der Waals surface area (Å²) in [5.74, 6) is 0.547. The highest BCUT2D eigenvalue weighted by atomic mass is 16.3. The van der Waals surface area contributed by atoms with Crippen molar-refractivity contribution in [2.45, 2.75) is 330 Å². The van der Waals surface area contributed by atoms with Gasteiger partial charge in [-0.05, 0) is 31.6 Å². The van der Waals surface area contributed by atoms with Crippen molar-refractivity contribution in [2.24, 2.45) is 11.3 Å². The minimum absolute atomic E-state index is 0.0753. The van der Waals surface area contributed by atoms with E-state index in [1.165, 1.54) is 270 Å². The minimum atomic E-state index is -0.500. The standard InChI is InChI=1S/C53H108O/c1-7-11-15-19-23-27-31-35-39-43-47-52(51(5)6,48-44-40-36-32-28-24-20-16-12-8-2)53(54,49-45-41-37-33-29-25-21-17-13-9-3)50-46-42-38-34-30-26-22-18-14-10-4/h51,54H,7-50H2,1-6H3. The van der Waals surface area contributed by atoms with Crippen LogP contribution in [0.5, 0.6) is 0 Å². The van der Waals surface area contributed by atoms with E-state index in [9.17, 15) is 5.11 Å². The van der Waals surface area contributed by atoms with E-state index in [2.05, 4.69) is 41.5 Å². The van der Waals surface area contributed by atoms with Crippen molar-refractivity contribution < 1.29 is 5.11 Å². The Labute approximate surface area is 345 Å². The quantitative estimate of drug-likeness (QED) is 0.0613. The Hall–Kier alpha value is -0.0400. The predicted octanol–water partition coefficient (Wildman–Crippen LogP) is 19.6. The topological polar surface area (TPSA) is 20.2 Å². The van der Waals surface area contributed by atoms with Crippen molar-refractivity contribution >= 4 is 0 Å². The first kappa shape index (κ1) is 54.0. The zero-order valence-electron chi connectivity index (χ0n) is 39.1. The lowest BCUT2D eigenvalue weighted by molar-refractivity contribution is -0.135. The highest BCUT2D eigenvalue weighted by Crippen LogP contribution is 2.52. The van der Waals surface area contributed by atoms with Gasteiger partial charge in [-0.25, -0.2) is 0 Å². The summed E-state index contributed by atoms with van der Waals surface area (Å²) in [7, 11) is 0. The second-order valence-corrected chi connectivity index (χ2v) is 19.1. The highest BCUT2D eigenvalue weighted by molar-refractivity contribution is 5.00. The molecular formula is C53H108O. The molecule has 0 atom stereocenters. The normalized spacial score (nSPS) is 12.4. The fraction of sp³-hybridized carbons (Fsp3) is 1.00. The molecule has 1 N–H and O–H groups in total. The number of unbranched alkanes of at least 4 members (excludes halogenated alkanes) is 36. The number of hydrogen-bond donors (Lipinski definition) is 1. The van der Waals surface area contributed by atoms with Crippen molar-refractivity contribution in [1.82, 2.24) is 0 Å². The van der Waals surface area contributed by atoms with Crippen LogP contribution in [0.1, 0.15) is 324 Å². The fourth-order valence-corrected chi connectivity index (χ4v) is 9.99. The molecule has 0 radical (unpaired) electrons. The first-order valence-corrected chi connectivity index (χ1v) is 26.2.